The monoisotopic (exact) mass is 572 g/mol. The number of hydrogen-bond acceptors (Lipinski definition) is 11. The SMILES string of the molecule is CN(C)c1cc(NC(=O)OC(C)(C)C)c(O)c2c1CC1CC3C(N(C)C)C(O)=C(C(N)=O)C(=O)C3(O)C(O)=C1C2=O. The molecule has 13 heteroatoms. The van der Waals surface area contributed by atoms with E-state index in [1.807, 2.05) is 0 Å². The highest BCUT2D eigenvalue weighted by atomic mass is 16.6. The van der Waals surface area contributed by atoms with Gasteiger partial charge in [0.25, 0.3) is 5.91 Å². The molecule has 3 aliphatic rings. The number of anilines is 2. The van der Waals surface area contributed by atoms with Crippen molar-refractivity contribution in [2.24, 2.45) is 17.6 Å². The maximum Gasteiger partial charge on any atom is 0.412 e. The molecule has 4 unspecified atom stereocenters. The fourth-order valence-electron chi connectivity index (χ4n) is 6.21. The number of allylic oxidation sites excluding steroid dienone is 1. The van der Waals surface area contributed by atoms with Crippen LogP contribution in [0, 0.1) is 11.8 Å². The van der Waals surface area contributed by atoms with E-state index in [2.05, 4.69) is 5.32 Å². The van der Waals surface area contributed by atoms with Crippen LogP contribution in [0.4, 0.5) is 16.2 Å². The lowest BCUT2D eigenvalue weighted by Crippen LogP contribution is -2.63. The number of amides is 2. The Balaban J connectivity index is 1.92. The van der Waals surface area contributed by atoms with Crippen LogP contribution >= 0.6 is 0 Å². The highest BCUT2D eigenvalue weighted by molar-refractivity contribution is 6.25. The summed E-state index contributed by atoms with van der Waals surface area (Å²) in [5.74, 6) is -7.49. The number of phenols is 1. The number of carbonyl (C=O) groups excluding carboxylic acids is 4. The van der Waals surface area contributed by atoms with E-state index in [9.17, 15) is 39.6 Å². The van der Waals surface area contributed by atoms with Crippen molar-refractivity contribution in [3.05, 3.63) is 39.9 Å². The number of ketones is 2. The Kier molecular flexibility index (Phi) is 7.12. The third kappa shape index (κ3) is 4.58. The number of primary amides is 1. The molecule has 0 bridgehead atoms. The molecule has 222 valence electrons. The van der Waals surface area contributed by atoms with Gasteiger partial charge >= 0.3 is 6.09 Å². The normalized spacial score (nSPS) is 25.9. The molecule has 0 fully saturated rings. The van der Waals surface area contributed by atoms with Crippen molar-refractivity contribution >= 4 is 34.9 Å². The maximum atomic E-state index is 14.0. The molecular formula is C28H36N4O9. The molecule has 41 heavy (non-hydrogen) atoms. The molecule has 13 nitrogen and oxygen atoms in total. The van der Waals surface area contributed by atoms with E-state index in [0.29, 0.717) is 11.3 Å². The quantitative estimate of drug-likeness (QED) is 0.226. The Labute approximate surface area is 236 Å². The second kappa shape index (κ2) is 9.77. The second-order valence-electron chi connectivity index (χ2n) is 12.1. The first-order valence-electron chi connectivity index (χ1n) is 13.0. The maximum absolute atomic E-state index is 14.0. The number of phenolic OH excluding ortho intramolecular Hbond substituents is 1. The number of nitrogens with zero attached hydrogens (tertiary/aromatic N) is 2. The summed E-state index contributed by atoms with van der Waals surface area (Å²) in [4.78, 5) is 55.3. The molecule has 0 spiro atoms. The molecule has 0 aliphatic heterocycles. The molecule has 4 rings (SSSR count). The molecule has 0 heterocycles. The zero-order valence-corrected chi connectivity index (χ0v) is 24.0. The first-order valence-corrected chi connectivity index (χ1v) is 13.0. The number of benzene rings is 1. The van der Waals surface area contributed by atoms with Gasteiger partial charge in [0.15, 0.2) is 17.1 Å². The molecule has 1 aromatic carbocycles. The van der Waals surface area contributed by atoms with Gasteiger partial charge in [0, 0.05) is 31.3 Å². The van der Waals surface area contributed by atoms with Crippen LogP contribution in [0.5, 0.6) is 5.75 Å². The summed E-state index contributed by atoms with van der Waals surface area (Å²) in [5.41, 5.74) is 1.21. The van der Waals surface area contributed by atoms with E-state index in [0.717, 1.165) is 0 Å². The Morgan fingerprint density at radius 3 is 2.24 bits per heavy atom. The molecule has 0 radical (unpaired) electrons. The third-order valence-electron chi connectivity index (χ3n) is 7.82. The topological polar surface area (TPSA) is 203 Å². The minimum absolute atomic E-state index is 0.0305. The zero-order valence-electron chi connectivity index (χ0n) is 24.0. The van der Waals surface area contributed by atoms with Gasteiger partial charge < -0.3 is 35.8 Å². The van der Waals surface area contributed by atoms with Crippen LogP contribution in [0.3, 0.4) is 0 Å². The van der Waals surface area contributed by atoms with Crippen molar-refractivity contribution < 1.29 is 44.3 Å². The van der Waals surface area contributed by atoms with E-state index in [1.165, 1.54) is 11.0 Å². The van der Waals surface area contributed by atoms with Gasteiger partial charge in [0.2, 0.25) is 5.78 Å². The van der Waals surface area contributed by atoms with Crippen LogP contribution in [0.25, 0.3) is 0 Å². The van der Waals surface area contributed by atoms with Crippen molar-refractivity contribution in [1.29, 1.82) is 0 Å². The fraction of sp³-hybridized carbons (Fsp3) is 0.500. The number of rotatable bonds is 4. The summed E-state index contributed by atoms with van der Waals surface area (Å²) in [6.45, 7) is 4.99. The highest BCUT2D eigenvalue weighted by Crippen LogP contribution is 2.53. The van der Waals surface area contributed by atoms with Crippen molar-refractivity contribution in [3.8, 4) is 5.75 Å². The Hall–Kier alpha value is -4.10. The van der Waals surface area contributed by atoms with Gasteiger partial charge in [-0.15, -0.1) is 0 Å². The number of Topliss-reactive ketones (excluding diaryl/α,β-unsaturated/α-hetero) is 2. The average molecular weight is 573 g/mol. The second-order valence-corrected chi connectivity index (χ2v) is 12.1. The molecule has 1 aromatic rings. The lowest BCUT2D eigenvalue weighted by molar-refractivity contribution is -0.148. The number of aliphatic hydroxyl groups excluding tert-OH is 2. The Morgan fingerprint density at radius 1 is 1.12 bits per heavy atom. The standard InChI is InChI=1S/C28H36N4O9/c1-27(2,3)41-26(39)30-14-10-15(31(4)5)12-8-11-9-13-19(32(6)7)22(35)18(25(29)38)24(37)28(13,40)23(36)16(11)21(34)17(12)20(14)33/h10-11,13,19,33,35-36,40H,8-9H2,1-7H3,(H2,29,38)(H,30,39). The third-order valence-corrected chi connectivity index (χ3v) is 7.82. The number of nitrogens with two attached hydrogens (primary N) is 1. The number of ether oxygens (including phenoxy) is 1. The molecule has 2 amide bonds. The lowest BCUT2D eigenvalue weighted by Gasteiger charge is -2.50. The van der Waals surface area contributed by atoms with Gasteiger partial charge in [-0.3, -0.25) is 24.6 Å². The van der Waals surface area contributed by atoms with E-state index in [4.69, 9.17) is 10.5 Å². The molecule has 3 aliphatic carbocycles. The molecule has 0 saturated heterocycles. The van der Waals surface area contributed by atoms with Crippen molar-refractivity contribution in [2.45, 2.75) is 50.9 Å². The van der Waals surface area contributed by atoms with Gasteiger partial charge in [0.1, 0.15) is 22.7 Å². The van der Waals surface area contributed by atoms with Gasteiger partial charge in [0.05, 0.1) is 17.3 Å². The van der Waals surface area contributed by atoms with Crippen LogP contribution < -0.4 is 16.0 Å². The predicted molar refractivity (Wildman–Crippen MR) is 148 cm³/mol. The summed E-state index contributed by atoms with van der Waals surface area (Å²) in [6.07, 6.45) is -0.789. The fourth-order valence-corrected chi connectivity index (χ4v) is 6.21. The largest absolute Gasteiger partial charge is 0.510 e. The number of likely N-dealkylation sites (N-methyl/N-ethyl adjacent to an activating group) is 1. The van der Waals surface area contributed by atoms with E-state index in [-0.39, 0.29) is 29.7 Å². The lowest BCUT2D eigenvalue weighted by atomic mass is 9.58. The number of aliphatic hydroxyl groups is 3. The van der Waals surface area contributed by atoms with E-state index >= 15 is 0 Å². The Morgan fingerprint density at radius 2 is 1.73 bits per heavy atom. The van der Waals surface area contributed by atoms with Crippen LogP contribution in [0.1, 0.15) is 43.1 Å². The summed E-state index contributed by atoms with van der Waals surface area (Å²) in [5, 5.41) is 47.7. The molecular weight excluding hydrogens is 536 g/mol. The number of nitrogens with one attached hydrogen (secondary N) is 1. The summed E-state index contributed by atoms with van der Waals surface area (Å²) >= 11 is 0. The van der Waals surface area contributed by atoms with Crippen molar-refractivity contribution in [1.82, 2.24) is 4.90 Å². The number of hydrogen-bond donors (Lipinski definition) is 6. The van der Waals surface area contributed by atoms with Gasteiger partial charge in [-0.1, -0.05) is 0 Å². The minimum atomic E-state index is -2.74. The molecule has 0 saturated carbocycles. The number of fused-ring (bicyclic) bond motifs is 3. The minimum Gasteiger partial charge on any atom is -0.510 e. The van der Waals surface area contributed by atoms with Crippen molar-refractivity contribution in [3.63, 3.8) is 0 Å². The van der Waals surface area contributed by atoms with Crippen LogP contribution in [0.15, 0.2) is 28.7 Å². The van der Waals surface area contributed by atoms with Gasteiger partial charge in [-0.25, -0.2) is 4.79 Å². The van der Waals surface area contributed by atoms with Crippen LogP contribution in [0.2, 0.25) is 0 Å². The summed E-state index contributed by atoms with van der Waals surface area (Å²) in [6, 6.07) is 0.419. The van der Waals surface area contributed by atoms with E-state index in [1.54, 1.807) is 53.9 Å². The van der Waals surface area contributed by atoms with Crippen LogP contribution in [-0.2, 0) is 20.7 Å². The smallest absolute Gasteiger partial charge is 0.412 e. The first-order chi connectivity index (χ1) is 18.8. The van der Waals surface area contributed by atoms with Gasteiger partial charge in [-0.05, 0) is 65.3 Å². The summed E-state index contributed by atoms with van der Waals surface area (Å²) in [7, 11) is 6.56. The molecule has 4 atom stereocenters. The average Bonchev–Trinajstić information content (AvgIpc) is 2.81. The highest BCUT2D eigenvalue weighted by Gasteiger charge is 2.63. The summed E-state index contributed by atoms with van der Waals surface area (Å²) < 4.78 is 5.28. The van der Waals surface area contributed by atoms with E-state index < -0.39 is 75.5 Å². The Bertz CT molecular complexity index is 1440. The zero-order chi connectivity index (χ0) is 30.9. The first kappa shape index (κ1) is 29.9. The molecule has 7 N–H and O–H groups in total. The van der Waals surface area contributed by atoms with Crippen molar-refractivity contribution in [2.75, 3.05) is 38.4 Å². The van der Waals surface area contributed by atoms with Gasteiger partial charge in [-0.2, -0.15) is 0 Å². The number of carbonyl (C=O) groups is 4. The van der Waals surface area contributed by atoms with Crippen LogP contribution in [-0.4, -0.2) is 94.3 Å². The predicted octanol–water partition coefficient (Wildman–Crippen LogP) is 1.53. The molecule has 0 aromatic heterocycles. The number of aromatic hydroxyl groups is 1.